The van der Waals surface area contributed by atoms with Crippen LogP contribution in [0.4, 0.5) is 13.2 Å². The van der Waals surface area contributed by atoms with Gasteiger partial charge in [-0.25, -0.2) is 0 Å². The van der Waals surface area contributed by atoms with E-state index in [2.05, 4.69) is 5.32 Å². The van der Waals surface area contributed by atoms with E-state index >= 15 is 0 Å². The third-order valence-corrected chi connectivity index (χ3v) is 3.69. The van der Waals surface area contributed by atoms with Gasteiger partial charge in [0.15, 0.2) is 0 Å². The highest BCUT2D eigenvalue weighted by atomic mass is 19.4. The van der Waals surface area contributed by atoms with Crippen molar-refractivity contribution in [3.05, 3.63) is 23.8 Å². The topological polar surface area (TPSA) is 30.5 Å². The van der Waals surface area contributed by atoms with Gasteiger partial charge in [-0.1, -0.05) is 0 Å². The van der Waals surface area contributed by atoms with Crippen molar-refractivity contribution in [1.29, 1.82) is 0 Å². The van der Waals surface area contributed by atoms with Gasteiger partial charge >= 0.3 is 6.18 Å². The summed E-state index contributed by atoms with van der Waals surface area (Å²) in [6, 6.07) is 5.21. The minimum Gasteiger partial charge on any atom is -0.497 e. The molecule has 1 saturated heterocycles. The molecular weight excluding hydrogens is 271 g/mol. The Morgan fingerprint density at radius 2 is 1.90 bits per heavy atom. The van der Waals surface area contributed by atoms with Gasteiger partial charge in [-0.2, -0.15) is 13.2 Å². The molecule has 1 aliphatic rings. The van der Waals surface area contributed by atoms with Crippen LogP contribution in [0.25, 0.3) is 0 Å². The van der Waals surface area contributed by atoms with Crippen molar-refractivity contribution in [2.45, 2.75) is 25.1 Å². The quantitative estimate of drug-likeness (QED) is 0.926. The Hall–Kier alpha value is -1.43. The zero-order chi connectivity index (χ0) is 14.8. The standard InChI is InChI=1S/C14H18F3NO2/c1-19-10-4-6-13(20-2)11(7-10)12-5-3-9(8-18-12)14(15,16)17/h4,6-7,9,12,18H,3,5,8H2,1-2H3. The largest absolute Gasteiger partial charge is 0.497 e. The lowest BCUT2D eigenvalue weighted by Gasteiger charge is -2.32. The molecule has 0 radical (unpaired) electrons. The van der Waals surface area contributed by atoms with Crippen molar-refractivity contribution < 1.29 is 22.6 Å². The van der Waals surface area contributed by atoms with Crippen LogP contribution in [0.3, 0.4) is 0 Å². The number of ether oxygens (including phenoxy) is 2. The van der Waals surface area contributed by atoms with Gasteiger partial charge < -0.3 is 14.8 Å². The van der Waals surface area contributed by atoms with E-state index in [4.69, 9.17) is 9.47 Å². The fraction of sp³-hybridized carbons (Fsp3) is 0.571. The number of alkyl halides is 3. The lowest BCUT2D eigenvalue weighted by molar-refractivity contribution is -0.179. The maximum atomic E-state index is 12.7. The van der Waals surface area contributed by atoms with E-state index in [1.807, 2.05) is 6.07 Å². The van der Waals surface area contributed by atoms with Crippen LogP contribution in [-0.4, -0.2) is 26.9 Å². The highest BCUT2D eigenvalue weighted by Gasteiger charge is 2.41. The van der Waals surface area contributed by atoms with Crippen molar-refractivity contribution in [2.24, 2.45) is 5.92 Å². The molecule has 1 fully saturated rings. The molecule has 0 aliphatic carbocycles. The third kappa shape index (κ3) is 3.17. The minimum atomic E-state index is -4.13. The van der Waals surface area contributed by atoms with Crippen molar-refractivity contribution in [3.63, 3.8) is 0 Å². The van der Waals surface area contributed by atoms with Crippen molar-refractivity contribution in [3.8, 4) is 11.5 Å². The van der Waals surface area contributed by atoms with Crippen LogP contribution in [0.15, 0.2) is 18.2 Å². The number of rotatable bonds is 3. The van der Waals surface area contributed by atoms with Gasteiger partial charge in [-0.15, -0.1) is 0 Å². The Bertz CT molecular complexity index is 454. The normalized spacial score (nSPS) is 23.4. The number of halogens is 3. The lowest BCUT2D eigenvalue weighted by atomic mass is 9.90. The summed E-state index contributed by atoms with van der Waals surface area (Å²) >= 11 is 0. The van der Waals surface area contributed by atoms with E-state index in [-0.39, 0.29) is 19.0 Å². The molecule has 2 unspecified atom stereocenters. The van der Waals surface area contributed by atoms with E-state index in [1.54, 1.807) is 26.4 Å². The van der Waals surface area contributed by atoms with E-state index in [0.29, 0.717) is 17.9 Å². The number of methoxy groups -OCH3 is 2. The van der Waals surface area contributed by atoms with Crippen LogP contribution in [0.2, 0.25) is 0 Å². The predicted octanol–water partition coefficient (Wildman–Crippen LogP) is 3.31. The minimum absolute atomic E-state index is 0.0610. The van der Waals surface area contributed by atoms with Gasteiger partial charge in [0.25, 0.3) is 0 Å². The van der Waals surface area contributed by atoms with Gasteiger partial charge in [0.05, 0.1) is 20.1 Å². The zero-order valence-electron chi connectivity index (χ0n) is 11.5. The summed E-state index contributed by atoms with van der Waals surface area (Å²) in [5.74, 6) is 0.0599. The number of nitrogens with one attached hydrogen (secondary N) is 1. The molecule has 1 aliphatic heterocycles. The molecule has 2 atom stereocenters. The molecule has 6 heteroatoms. The number of hydrogen-bond acceptors (Lipinski definition) is 3. The SMILES string of the molecule is COc1ccc(OC)c(C2CCC(C(F)(F)F)CN2)c1. The molecule has 0 aromatic heterocycles. The van der Waals surface area contributed by atoms with Crippen LogP contribution in [-0.2, 0) is 0 Å². The summed E-state index contributed by atoms with van der Waals surface area (Å²) in [6.45, 7) is -0.0610. The number of piperidine rings is 1. The molecular formula is C14H18F3NO2. The first-order valence-electron chi connectivity index (χ1n) is 6.47. The molecule has 1 aromatic rings. The fourth-order valence-corrected chi connectivity index (χ4v) is 2.51. The molecule has 3 nitrogen and oxygen atoms in total. The van der Waals surface area contributed by atoms with Crippen LogP contribution < -0.4 is 14.8 Å². The average Bonchev–Trinajstić information content (AvgIpc) is 2.45. The van der Waals surface area contributed by atoms with Crippen molar-refractivity contribution in [1.82, 2.24) is 5.32 Å². The monoisotopic (exact) mass is 289 g/mol. The predicted molar refractivity (Wildman–Crippen MR) is 69.1 cm³/mol. The first kappa shape index (κ1) is 15.0. The lowest BCUT2D eigenvalue weighted by Crippen LogP contribution is -2.40. The summed E-state index contributed by atoms with van der Waals surface area (Å²) in [4.78, 5) is 0. The van der Waals surface area contributed by atoms with Crippen LogP contribution in [0, 0.1) is 5.92 Å². The van der Waals surface area contributed by atoms with Gasteiger partial charge in [0, 0.05) is 18.2 Å². The highest BCUT2D eigenvalue weighted by molar-refractivity contribution is 5.42. The fourth-order valence-electron chi connectivity index (χ4n) is 2.51. The summed E-state index contributed by atoms with van der Waals surface area (Å²) in [5, 5.41) is 2.96. The van der Waals surface area contributed by atoms with E-state index in [9.17, 15) is 13.2 Å². The van der Waals surface area contributed by atoms with E-state index < -0.39 is 12.1 Å². The van der Waals surface area contributed by atoms with Gasteiger partial charge in [-0.3, -0.25) is 0 Å². The maximum absolute atomic E-state index is 12.7. The average molecular weight is 289 g/mol. The molecule has 0 bridgehead atoms. The first-order valence-corrected chi connectivity index (χ1v) is 6.47. The molecule has 1 aromatic carbocycles. The maximum Gasteiger partial charge on any atom is 0.393 e. The Kier molecular flexibility index (Phi) is 4.42. The highest BCUT2D eigenvalue weighted by Crippen LogP contribution is 2.38. The summed E-state index contributed by atoms with van der Waals surface area (Å²) in [7, 11) is 3.10. The van der Waals surface area contributed by atoms with Crippen LogP contribution in [0.5, 0.6) is 11.5 Å². The Balaban J connectivity index is 2.13. The summed E-state index contributed by atoms with van der Waals surface area (Å²) in [6.07, 6.45) is -3.58. The Morgan fingerprint density at radius 3 is 2.40 bits per heavy atom. The molecule has 1 heterocycles. The second kappa shape index (κ2) is 5.91. The first-order chi connectivity index (χ1) is 9.45. The second-order valence-corrected chi connectivity index (χ2v) is 4.88. The van der Waals surface area contributed by atoms with Crippen LogP contribution >= 0.6 is 0 Å². The number of benzene rings is 1. The van der Waals surface area contributed by atoms with Gasteiger partial charge in [-0.05, 0) is 31.0 Å². The van der Waals surface area contributed by atoms with Crippen molar-refractivity contribution in [2.75, 3.05) is 20.8 Å². The van der Waals surface area contributed by atoms with Gasteiger partial charge in [0.2, 0.25) is 0 Å². The number of hydrogen-bond donors (Lipinski definition) is 1. The zero-order valence-corrected chi connectivity index (χ0v) is 11.5. The van der Waals surface area contributed by atoms with Gasteiger partial charge in [0.1, 0.15) is 11.5 Å². The molecule has 0 amide bonds. The molecule has 1 N–H and O–H groups in total. The third-order valence-electron chi connectivity index (χ3n) is 3.69. The van der Waals surface area contributed by atoms with Crippen LogP contribution in [0.1, 0.15) is 24.4 Å². The summed E-state index contributed by atoms with van der Waals surface area (Å²) < 4.78 is 48.4. The molecule has 20 heavy (non-hydrogen) atoms. The van der Waals surface area contributed by atoms with Crippen molar-refractivity contribution >= 4 is 0 Å². The molecule has 112 valence electrons. The van der Waals surface area contributed by atoms with E-state index in [0.717, 1.165) is 5.56 Å². The summed E-state index contributed by atoms with van der Waals surface area (Å²) in [5.41, 5.74) is 0.840. The molecule has 0 saturated carbocycles. The smallest absolute Gasteiger partial charge is 0.393 e. The second-order valence-electron chi connectivity index (χ2n) is 4.88. The molecule has 0 spiro atoms. The molecule has 2 rings (SSSR count). The Morgan fingerprint density at radius 1 is 1.15 bits per heavy atom. The van der Waals surface area contributed by atoms with E-state index in [1.165, 1.54) is 0 Å². The Labute approximate surface area is 116 Å².